The maximum Gasteiger partial charge on any atom is 0.317 e. The first-order chi connectivity index (χ1) is 38.2. The zero-order valence-corrected chi connectivity index (χ0v) is 45.6. The molecule has 6 aliphatic rings. The fourth-order valence-electron chi connectivity index (χ4n) is 16.7. The Labute approximate surface area is 463 Å². The minimum absolute atomic E-state index is 0.00602. The van der Waals surface area contributed by atoms with E-state index in [2.05, 4.69) is 30.4 Å². The number of carbonyl (C=O) groups is 2. The molecule has 4 saturated carbocycles. The number of rotatable bonds is 12. The summed E-state index contributed by atoms with van der Waals surface area (Å²) in [7, 11) is 3.07. The summed E-state index contributed by atoms with van der Waals surface area (Å²) in [5.74, 6) is -1.97. The number of carbonyl (C=O) groups excluding carboxylic acids is 2. The molecule has 11 heteroatoms. The molecule has 11 unspecified atom stereocenters. The van der Waals surface area contributed by atoms with Gasteiger partial charge in [-0.25, -0.2) is 0 Å². The molecule has 6 aromatic carbocycles. The van der Waals surface area contributed by atoms with Crippen LogP contribution in [0.1, 0.15) is 136 Å². The number of aliphatic hydroxyl groups is 2. The second-order valence-electron chi connectivity index (χ2n) is 24.2. The highest BCUT2D eigenvalue weighted by Crippen LogP contribution is 2.70. The largest absolute Gasteiger partial charge is 0.508 e. The number of allylic oxidation sites excluding steroid dienone is 1. The number of esters is 2. The smallest absolute Gasteiger partial charge is 0.317 e. The molecule has 0 aromatic heterocycles. The van der Waals surface area contributed by atoms with Crippen LogP contribution in [-0.4, -0.2) is 75.6 Å². The quantitative estimate of drug-likeness (QED) is 0.0739. The summed E-state index contributed by atoms with van der Waals surface area (Å²) in [6.45, 7) is 1.44. The minimum atomic E-state index is -1.12. The Hall–Kier alpha value is -6.82. The van der Waals surface area contributed by atoms with E-state index in [1.54, 1.807) is 31.4 Å². The van der Waals surface area contributed by atoms with Crippen molar-refractivity contribution in [1.29, 1.82) is 0 Å². The van der Waals surface area contributed by atoms with Gasteiger partial charge in [-0.1, -0.05) is 111 Å². The van der Waals surface area contributed by atoms with Crippen molar-refractivity contribution in [2.45, 2.75) is 144 Å². The van der Waals surface area contributed by atoms with Gasteiger partial charge < -0.3 is 44.5 Å². The van der Waals surface area contributed by atoms with Gasteiger partial charge >= 0.3 is 11.9 Å². The van der Waals surface area contributed by atoms with E-state index in [9.17, 15) is 30.3 Å². The molecule has 0 saturated heterocycles. The van der Waals surface area contributed by atoms with E-state index in [4.69, 9.17) is 18.9 Å². The number of methoxy groups -OCH3 is 2. The Morgan fingerprint density at radius 3 is 2.19 bits per heavy atom. The number of hydrogen-bond acceptors (Lipinski definition) is 11. The zero-order valence-electron chi connectivity index (χ0n) is 45.6. The van der Waals surface area contributed by atoms with Crippen LogP contribution in [0.15, 0.2) is 121 Å². The van der Waals surface area contributed by atoms with Gasteiger partial charge in [-0.2, -0.15) is 0 Å². The lowest BCUT2D eigenvalue weighted by molar-refractivity contribution is -0.179. The van der Waals surface area contributed by atoms with Crippen LogP contribution in [0.25, 0.3) is 28.0 Å². The van der Waals surface area contributed by atoms with Crippen LogP contribution in [0, 0.1) is 29.1 Å². The van der Waals surface area contributed by atoms with Crippen molar-refractivity contribution in [2.75, 3.05) is 14.2 Å². The predicted octanol–water partition coefficient (Wildman–Crippen LogP) is 12.8. The molecule has 12 rings (SSSR count). The standard InChI is InChI=1S/C68H74O11/c1-40(69)78-61-36-49(79-65(74)67(25-13-18-46(67)22-26-66(75)23-11-6-12-24-66)47-20-19-43-28-48(70)34-51(50(43)33-47)42-16-9-5-10-17-42)35-54-52-38-63(77-3)59(72)31-44(52)29-55-58(71)39-56-53-37-60(73)62(76-2)32-45(53)30-57(61)68(56,64(54)55)27-21-41-14-7-4-8-15-41/h4-5,7-10,14-17,19-21,27-28,31-34,37-38,46,49,54-58,61,64,70-73,75H,6,11-13,18,22-26,29-30,35-36,39H2,1-3H3. The molecule has 412 valence electrons. The average molecular weight is 1070 g/mol. The Morgan fingerprint density at radius 2 is 1.44 bits per heavy atom. The molecule has 4 fully saturated rings. The monoisotopic (exact) mass is 1070 g/mol. The Balaban J connectivity index is 1.04. The third-order valence-corrected chi connectivity index (χ3v) is 20.1. The van der Waals surface area contributed by atoms with Gasteiger partial charge in [0, 0.05) is 24.7 Å². The summed E-state index contributed by atoms with van der Waals surface area (Å²) < 4.78 is 25.6. The molecular formula is C68H74O11. The van der Waals surface area contributed by atoms with Crippen molar-refractivity contribution < 1.29 is 54.1 Å². The van der Waals surface area contributed by atoms with Crippen molar-refractivity contribution in [2.24, 2.45) is 29.1 Å². The van der Waals surface area contributed by atoms with Crippen molar-refractivity contribution in [3.63, 3.8) is 0 Å². The fourth-order valence-corrected chi connectivity index (χ4v) is 16.7. The minimum Gasteiger partial charge on any atom is -0.508 e. The highest BCUT2D eigenvalue weighted by atomic mass is 16.6. The molecule has 11 nitrogen and oxygen atoms in total. The van der Waals surface area contributed by atoms with Gasteiger partial charge in [0.25, 0.3) is 0 Å². The number of aliphatic hydroxyl groups excluding tert-OH is 1. The predicted molar refractivity (Wildman–Crippen MR) is 303 cm³/mol. The van der Waals surface area contributed by atoms with Crippen molar-refractivity contribution in [1.82, 2.24) is 0 Å². The third-order valence-electron chi connectivity index (χ3n) is 20.1. The van der Waals surface area contributed by atoms with Crippen molar-refractivity contribution in [3.05, 3.63) is 155 Å². The molecule has 11 atom stereocenters. The van der Waals surface area contributed by atoms with E-state index in [1.165, 1.54) is 14.0 Å². The van der Waals surface area contributed by atoms with Gasteiger partial charge in [0.15, 0.2) is 23.0 Å². The molecule has 0 spiro atoms. The molecule has 0 radical (unpaired) electrons. The lowest BCUT2D eigenvalue weighted by atomic mass is 9.40. The Kier molecular flexibility index (Phi) is 14.1. The summed E-state index contributed by atoms with van der Waals surface area (Å²) in [5, 5.41) is 60.6. The second kappa shape index (κ2) is 21.0. The first-order valence-electron chi connectivity index (χ1n) is 28.9. The van der Waals surface area contributed by atoms with E-state index in [0.29, 0.717) is 56.4 Å². The molecule has 5 N–H and O–H groups in total. The van der Waals surface area contributed by atoms with E-state index in [1.807, 2.05) is 72.8 Å². The number of ether oxygens (including phenoxy) is 4. The van der Waals surface area contributed by atoms with Gasteiger partial charge in [-0.05, 0) is 192 Å². The number of benzene rings is 6. The first-order valence-corrected chi connectivity index (χ1v) is 28.9. The van der Waals surface area contributed by atoms with Gasteiger partial charge in [-0.15, -0.1) is 0 Å². The third kappa shape index (κ3) is 9.32. The summed E-state index contributed by atoms with van der Waals surface area (Å²) in [6.07, 6.45) is 11.7. The molecule has 0 bridgehead atoms. The average Bonchev–Trinajstić information content (AvgIpc) is 3.12. The van der Waals surface area contributed by atoms with Crippen LogP contribution in [-0.2, 0) is 37.3 Å². The lowest BCUT2D eigenvalue weighted by Crippen LogP contribution is -2.62. The molecule has 0 aliphatic heterocycles. The molecule has 0 heterocycles. The van der Waals surface area contributed by atoms with E-state index >= 15 is 4.79 Å². The molecule has 6 aromatic rings. The van der Waals surface area contributed by atoms with E-state index < -0.39 is 46.6 Å². The van der Waals surface area contributed by atoms with Gasteiger partial charge in [0.05, 0.1) is 31.3 Å². The normalized spacial score (nSPS) is 29.6. The van der Waals surface area contributed by atoms with Crippen LogP contribution in [0.4, 0.5) is 0 Å². The number of fused-ring (bicyclic) bond motifs is 5. The van der Waals surface area contributed by atoms with Gasteiger partial charge in [0.1, 0.15) is 18.0 Å². The zero-order chi connectivity index (χ0) is 54.8. The van der Waals surface area contributed by atoms with Crippen LogP contribution < -0.4 is 9.47 Å². The lowest BCUT2D eigenvalue weighted by Gasteiger charge is -2.64. The van der Waals surface area contributed by atoms with Crippen LogP contribution >= 0.6 is 0 Å². The number of phenolic OH excluding ortho intramolecular Hbond substituents is 3. The van der Waals surface area contributed by atoms with Crippen molar-refractivity contribution in [3.8, 4) is 39.9 Å². The van der Waals surface area contributed by atoms with E-state index in [0.717, 1.165) is 100 Å². The summed E-state index contributed by atoms with van der Waals surface area (Å²) in [4.78, 5) is 30.3. The maximum absolute atomic E-state index is 16.5. The number of phenols is 3. The Bertz CT molecular complexity index is 3290. The van der Waals surface area contributed by atoms with Gasteiger partial charge in [0.2, 0.25) is 0 Å². The number of aromatic hydroxyl groups is 3. The fraction of sp³-hybridized carbons (Fsp3) is 0.441. The molecule has 6 aliphatic carbocycles. The molecular weight excluding hydrogens is 993 g/mol. The SMILES string of the molecule is COc1cc2c(cc1O)C1CC(O)C3Cc4cc(O)c(OC)cc4C4CC(OC(=O)C5(c6ccc7cc(O)cc(-c8ccccc8)c7c6)CCCC5CCC5(O)CCCCC5)CC(OC(C)=O)C(C2)C1(C=Cc1ccccc1)C43. The second-order valence-corrected chi connectivity index (χ2v) is 24.2. The summed E-state index contributed by atoms with van der Waals surface area (Å²) in [6, 6.07) is 37.2. The summed E-state index contributed by atoms with van der Waals surface area (Å²) in [5.41, 5.74) is 4.56. The van der Waals surface area contributed by atoms with Crippen molar-refractivity contribution >= 4 is 28.8 Å². The highest BCUT2D eigenvalue weighted by molar-refractivity contribution is 5.99. The maximum atomic E-state index is 16.5. The molecule has 0 amide bonds. The molecule has 79 heavy (non-hydrogen) atoms. The topological polar surface area (TPSA) is 172 Å². The highest BCUT2D eigenvalue weighted by Gasteiger charge is 2.66. The van der Waals surface area contributed by atoms with Crippen LogP contribution in [0.2, 0.25) is 0 Å². The van der Waals surface area contributed by atoms with Crippen LogP contribution in [0.5, 0.6) is 28.7 Å². The first kappa shape index (κ1) is 52.9. The summed E-state index contributed by atoms with van der Waals surface area (Å²) >= 11 is 0. The Morgan fingerprint density at radius 1 is 0.722 bits per heavy atom. The van der Waals surface area contributed by atoms with Gasteiger partial charge in [-0.3, -0.25) is 9.59 Å². The number of hydrogen-bond donors (Lipinski definition) is 5. The van der Waals surface area contributed by atoms with E-state index in [-0.39, 0.29) is 59.2 Å². The van der Waals surface area contributed by atoms with Crippen LogP contribution in [0.3, 0.4) is 0 Å².